The summed E-state index contributed by atoms with van der Waals surface area (Å²) >= 11 is 1.37. The molecule has 0 aliphatic carbocycles. The van der Waals surface area contributed by atoms with Gasteiger partial charge in [0.05, 0.1) is 21.8 Å². The van der Waals surface area contributed by atoms with Crippen molar-refractivity contribution in [2.24, 2.45) is 18.2 Å². The molecule has 192 valence electrons. The summed E-state index contributed by atoms with van der Waals surface area (Å²) < 4.78 is 2.50. The van der Waals surface area contributed by atoms with Crippen LogP contribution in [0.3, 0.4) is 0 Å². The van der Waals surface area contributed by atoms with E-state index >= 15 is 0 Å². The number of urea groups is 1. The second kappa shape index (κ2) is 9.39. The first-order valence-corrected chi connectivity index (χ1v) is 12.7. The molecule has 1 aliphatic heterocycles. The average molecular weight is 522 g/mol. The van der Waals surface area contributed by atoms with Crippen molar-refractivity contribution in [2.75, 3.05) is 29.4 Å². The highest BCUT2D eigenvalue weighted by Crippen LogP contribution is 2.39. The molecule has 4 aromatic rings. The maximum absolute atomic E-state index is 11.9. The Morgan fingerprint density at radius 2 is 1.89 bits per heavy atom. The molecule has 0 saturated carbocycles. The molecule has 0 unspecified atom stereocenters. The van der Waals surface area contributed by atoms with E-state index in [1.807, 2.05) is 30.2 Å². The molecule has 13 heteroatoms. The number of aryl methyl sites for hydroxylation is 1. The summed E-state index contributed by atoms with van der Waals surface area (Å²) in [5.74, 6) is -0.191. The van der Waals surface area contributed by atoms with E-state index in [2.05, 4.69) is 20.3 Å². The molecule has 37 heavy (non-hydrogen) atoms. The summed E-state index contributed by atoms with van der Waals surface area (Å²) in [6.45, 7) is 5.20. The molecular weight excluding hydrogens is 494 g/mol. The summed E-state index contributed by atoms with van der Waals surface area (Å²) in [6.07, 6.45) is 6.41. The fourth-order valence-electron chi connectivity index (χ4n) is 4.40. The van der Waals surface area contributed by atoms with Crippen molar-refractivity contribution in [3.8, 4) is 22.4 Å². The van der Waals surface area contributed by atoms with Crippen LogP contribution in [-0.4, -0.2) is 66.7 Å². The molecule has 12 nitrogen and oxygen atoms in total. The number of nitrogens with two attached hydrogens (primary N) is 1. The largest absolute Gasteiger partial charge is 0.481 e. The Bertz CT molecular complexity index is 1470. The standard InChI is InChI=1S/C24H27N9O3S/c1-4-33(21(25)36)23-28-17-10-14(9-16(19(17)37-23)18-13-31(3)30-29-18)15-11-26-22(27-12-15)32-7-5-24(2,6-8-32)20(34)35/h9-13H,4-8H2,1-3H3,(H2,25,36)(H,34,35). The minimum absolute atomic E-state index is 0.403. The monoisotopic (exact) mass is 521 g/mol. The number of aromatic nitrogens is 6. The Hall–Kier alpha value is -4.13. The topological polar surface area (TPSA) is 156 Å². The van der Waals surface area contributed by atoms with E-state index in [0.29, 0.717) is 54.8 Å². The van der Waals surface area contributed by atoms with E-state index in [0.717, 1.165) is 21.4 Å². The molecule has 1 fully saturated rings. The van der Waals surface area contributed by atoms with Crippen molar-refractivity contribution in [1.82, 2.24) is 29.9 Å². The number of nitrogens with zero attached hydrogens (tertiary/aromatic N) is 8. The molecule has 0 spiro atoms. The Balaban J connectivity index is 1.50. The van der Waals surface area contributed by atoms with Crippen molar-refractivity contribution < 1.29 is 14.7 Å². The van der Waals surface area contributed by atoms with Crippen LogP contribution in [0.2, 0.25) is 0 Å². The number of carbonyl (C=O) groups excluding carboxylic acids is 1. The number of aliphatic carboxylic acids is 1. The van der Waals surface area contributed by atoms with Gasteiger partial charge in [0.15, 0.2) is 5.13 Å². The van der Waals surface area contributed by atoms with Crippen LogP contribution in [0.5, 0.6) is 0 Å². The Morgan fingerprint density at radius 3 is 2.46 bits per heavy atom. The number of hydrogen-bond donors (Lipinski definition) is 2. The van der Waals surface area contributed by atoms with Gasteiger partial charge in [-0.1, -0.05) is 16.6 Å². The number of carboxylic acid groups (broad SMARTS) is 1. The average Bonchev–Trinajstić information content (AvgIpc) is 3.50. The molecule has 1 aliphatic rings. The molecule has 1 saturated heterocycles. The zero-order valence-electron chi connectivity index (χ0n) is 20.7. The van der Waals surface area contributed by atoms with Crippen LogP contribution in [-0.2, 0) is 11.8 Å². The highest BCUT2D eigenvalue weighted by atomic mass is 32.1. The fraction of sp³-hybridized carbons (Fsp3) is 0.375. The lowest BCUT2D eigenvalue weighted by atomic mass is 9.80. The van der Waals surface area contributed by atoms with Gasteiger partial charge in [-0.25, -0.2) is 19.7 Å². The SMILES string of the molecule is CCN(C(N)=O)c1nc2cc(-c3cnc(N4CCC(C)(C(=O)O)CC4)nc3)cc(-c3cn(C)nn3)c2s1. The number of thiazole rings is 1. The minimum Gasteiger partial charge on any atom is -0.481 e. The first kappa shape index (κ1) is 24.6. The first-order valence-electron chi connectivity index (χ1n) is 11.9. The number of carboxylic acids is 1. The van der Waals surface area contributed by atoms with Gasteiger partial charge in [-0.05, 0) is 44.4 Å². The summed E-state index contributed by atoms with van der Waals surface area (Å²) in [5, 5.41) is 18.4. The predicted octanol–water partition coefficient (Wildman–Crippen LogP) is 3.14. The number of carbonyl (C=O) groups is 2. The summed E-state index contributed by atoms with van der Waals surface area (Å²) in [7, 11) is 1.80. The summed E-state index contributed by atoms with van der Waals surface area (Å²) in [5.41, 5.74) is 8.69. The van der Waals surface area contributed by atoms with Gasteiger partial charge in [-0.15, -0.1) is 5.10 Å². The zero-order chi connectivity index (χ0) is 26.3. The van der Waals surface area contributed by atoms with Gasteiger partial charge in [0.1, 0.15) is 5.69 Å². The molecule has 5 rings (SSSR count). The third kappa shape index (κ3) is 4.57. The molecular formula is C24H27N9O3S. The van der Waals surface area contributed by atoms with Crippen molar-refractivity contribution in [3.05, 3.63) is 30.7 Å². The molecule has 4 heterocycles. The van der Waals surface area contributed by atoms with Crippen LogP contribution in [0.4, 0.5) is 15.9 Å². The number of fused-ring (bicyclic) bond motifs is 1. The maximum Gasteiger partial charge on any atom is 0.321 e. The molecule has 3 N–H and O–H groups in total. The number of hydrogen-bond acceptors (Lipinski definition) is 9. The van der Waals surface area contributed by atoms with Crippen LogP contribution in [0.25, 0.3) is 32.6 Å². The van der Waals surface area contributed by atoms with E-state index in [4.69, 9.17) is 10.7 Å². The number of primary amides is 1. The second-order valence-electron chi connectivity index (χ2n) is 9.35. The molecule has 0 atom stereocenters. The third-order valence-electron chi connectivity index (χ3n) is 6.81. The summed E-state index contributed by atoms with van der Waals surface area (Å²) in [4.78, 5) is 40.8. The highest BCUT2D eigenvalue weighted by molar-refractivity contribution is 7.23. The number of anilines is 2. The van der Waals surface area contributed by atoms with E-state index in [1.165, 1.54) is 16.2 Å². The Kier molecular flexibility index (Phi) is 6.23. The predicted molar refractivity (Wildman–Crippen MR) is 140 cm³/mol. The van der Waals surface area contributed by atoms with Gasteiger partial charge in [-0.3, -0.25) is 14.4 Å². The van der Waals surface area contributed by atoms with Gasteiger partial charge < -0.3 is 15.7 Å². The van der Waals surface area contributed by atoms with Crippen molar-refractivity contribution in [2.45, 2.75) is 26.7 Å². The lowest BCUT2D eigenvalue weighted by Gasteiger charge is -2.36. The molecule has 2 amide bonds. The zero-order valence-corrected chi connectivity index (χ0v) is 21.6. The second-order valence-corrected chi connectivity index (χ2v) is 10.3. The van der Waals surface area contributed by atoms with Gasteiger partial charge in [-0.2, -0.15) is 0 Å². The third-order valence-corrected chi connectivity index (χ3v) is 7.94. The van der Waals surface area contributed by atoms with Crippen LogP contribution >= 0.6 is 11.3 Å². The smallest absolute Gasteiger partial charge is 0.321 e. The number of benzene rings is 1. The molecule has 3 aromatic heterocycles. The lowest BCUT2D eigenvalue weighted by molar-refractivity contribution is -0.149. The van der Waals surface area contributed by atoms with Crippen molar-refractivity contribution in [3.63, 3.8) is 0 Å². The summed E-state index contributed by atoms with van der Waals surface area (Å²) in [6, 6.07) is 3.36. The van der Waals surface area contributed by atoms with E-state index in [-0.39, 0.29) is 0 Å². The quantitative estimate of drug-likeness (QED) is 0.389. The fourth-order valence-corrected chi connectivity index (χ4v) is 5.54. The van der Waals surface area contributed by atoms with Crippen molar-refractivity contribution in [1.29, 1.82) is 0 Å². The number of rotatable bonds is 6. The van der Waals surface area contributed by atoms with Crippen LogP contribution in [0.1, 0.15) is 26.7 Å². The van der Waals surface area contributed by atoms with Crippen molar-refractivity contribution >= 4 is 44.6 Å². The maximum atomic E-state index is 11.9. The van der Waals surface area contributed by atoms with E-state index in [1.54, 1.807) is 31.0 Å². The molecule has 0 bridgehead atoms. The minimum atomic E-state index is -0.763. The number of amides is 2. The molecule has 1 aromatic carbocycles. The van der Waals surface area contributed by atoms with E-state index < -0.39 is 17.4 Å². The van der Waals surface area contributed by atoms with Gasteiger partial charge in [0.2, 0.25) is 5.95 Å². The van der Waals surface area contributed by atoms with Crippen LogP contribution in [0, 0.1) is 5.41 Å². The number of piperidine rings is 1. The van der Waals surface area contributed by atoms with E-state index in [9.17, 15) is 14.7 Å². The van der Waals surface area contributed by atoms with Crippen LogP contribution < -0.4 is 15.5 Å². The lowest BCUT2D eigenvalue weighted by Crippen LogP contribution is -2.43. The van der Waals surface area contributed by atoms with Crippen LogP contribution in [0.15, 0.2) is 30.7 Å². The Labute approximate surface area is 216 Å². The van der Waals surface area contributed by atoms with Gasteiger partial charge >= 0.3 is 12.0 Å². The molecule has 0 radical (unpaired) electrons. The van der Waals surface area contributed by atoms with Gasteiger partial charge in [0.25, 0.3) is 0 Å². The first-order chi connectivity index (χ1) is 17.7. The van der Waals surface area contributed by atoms with Gasteiger partial charge in [0, 0.05) is 50.2 Å². The Morgan fingerprint density at radius 1 is 1.19 bits per heavy atom. The highest BCUT2D eigenvalue weighted by Gasteiger charge is 2.37. The normalized spacial score (nSPS) is 15.2.